The Morgan fingerprint density at radius 3 is 2.60 bits per heavy atom. The van der Waals surface area contributed by atoms with Crippen LogP contribution in [0.2, 0.25) is 0 Å². The van der Waals surface area contributed by atoms with Crippen molar-refractivity contribution in [1.82, 2.24) is 15.3 Å². The summed E-state index contributed by atoms with van der Waals surface area (Å²) < 4.78 is 0. The minimum Gasteiger partial charge on any atom is -0.383 e. The molecule has 82 valence electrons. The van der Waals surface area contributed by atoms with Crippen molar-refractivity contribution in [1.29, 1.82) is 0 Å². The third kappa shape index (κ3) is 4.50. The molecule has 0 aliphatic carbocycles. The average molecular weight is 227 g/mol. The van der Waals surface area contributed by atoms with Crippen LogP contribution in [0.5, 0.6) is 0 Å². The molecule has 0 aliphatic rings. The lowest BCUT2D eigenvalue weighted by molar-refractivity contribution is -0.118. The smallest absolute Gasteiger partial charge is 0.216 e. The highest BCUT2D eigenvalue weighted by Gasteiger charge is 2.01. The molecule has 0 bridgehead atoms. The highest BCUT2D eigenvalue weighted by molar-refractivity contribution is 7.99. The summed E-state index contributed by atoms with van der Waals surface area (Å²) in [5.74, 6) is 1.33. The van der Waals surface area contributed by atoms with Gasteiger partial charge in [0.25, 0.3) is 0 Å². The Balaban J connectivity index is 2.40. The molecule has 5 N–H and O–H groups in total. The number of aromatic nitrogens is 2. The van der Waals surface area contributed by atoms with Gasteiger partial charge in [0.1, 0.15) is 11.6 Å². The summed E-state index contributed by atoms with van der Waals surface area (Å²) in [6.07, 6.45) is 0. The third-order valence-corrected chi connectivity index (χ3v) is 2.30. The lowest BCUT2D eigenvalue weighted by Gasteiger charge is -2.03. The van der Waals surface area contributed by atoms with Crippen LogP contribution in [-0.4, -0.2) is 28.2 Å². The van der Waals surface area contributed by atoms with Gasteiger partial charge in [0.2, 0.25) is 5.91 Å². The highest BCUT2D eigenvalue weighted by atomic mass is 32.2. The van der Waals surface area contributed by atoms with Crippen LogP contribution < -0.4 is 16.8 Å². The number of rotatable bonds is 4. The first-order valence-corrected chi connectivity index (χ1v) is 5.34. The monoisotopic (exact) mass is 227 g/mol. The van der Waals surface area contributed by atoms with E-state index in [-0.39, 0.29) is 5.91 Å². The Morgan fingerprint density at radius 1 is 1.47 bits per heavy atom. The normalized spacial score (nSPS) is 9.93. The SMILES string of the molecule is CC(=O)NCCSc1nc(N)cc(N)n1. The molecular formula is C8H13N5OS. The third-order valence-electron chi connectivity index (χ3n) is 1.45. The molecule has 0 aliphatic heterocycles. The largest absolute Gasteiger partial charge is 0.383 e. The fraction of sp³-hybridized carbons (Fsp3) is 0.375. The zero-order valence-electron chi connectivity index (χ0n) is 8.36. The van der Waals surface area contributed by atoms with E-state index in [0.717, 1.165) is 0 Å². The van der Waals surface area contributed by atoms with Crippen molar-refractivity contribution in [2.75, 3.05) is 23.8 Å². The van der Waals surface area contributed by atoms with E-state index in [1.807, 2.05) is 0 Å². The first-order valence-electron chi connectivity index (χ1n) is 4.35. The van der Waals surface area contributed by atoms with Gasteiger partial charge < -0.3 is 16.8 Å². The number of carbonyl (C=O) groups excluding carboxylic acids is 1. The van der Waals surface area contributed by atoms with Gasteiger partial charge in [-0.2, -0.15) is 0 Å². The number of hydrogen-bond acceptors (Lipinski definition) is 6. The molecule has 7 heteroatoms. The summed E-state index contributed by atoms with van der Waals surface area (Å²) in [6, 6.07) is 1.50. The molecule has 0 unspecified atom stereocenters. The van der Waals surface area contributed by atoms with Gasteiger partial charge in [-0.15, -0.1) is 0 Å². The molecule has 0 atom stereocenters. The molecule has 1 rings (SSSR count). The predicted molar refractivity (Wildman–Crippen MR) is 60.3 cm³/mol. The van der Waals surface area contributed by atoms with E-state index in [9.17, 15) is 4.79 Å². The summed E-state index contributed by atoms with van der Waals surface area (Å²) in [7, 11) is 0. The van der Waals surface area contributed by atoms with Crippen LogP contribution in [0.3, 0.4) is 0 Å². The zero-order chi connectivity index (χ0) is 11.3. The standard InChI is InChI=1S/C8H13N5OS/c1-5(14)11-2-3-15-8-12-6(9)4-7(10)13-8/h4H,2-3H2,1H3,(H,11,14)(H4,9,10,12,13). The number of nitrogens with zero attached hydrogens (tertiary/aromatic N) is 2. The van der Waals surface area contributed by atoms with Gasteiger partial charge >= 0.3 is 0 Å². The number of anilines is 2. The van der Waals surface area contributed by atoms with Crippen LogP contribution in [0.25, 0.3) is 0 Å². The maximum absolute atomic E-state index is 10.6. The summed E-state index contributed by atoms with van der Waals surface area (Å²) >= 11 is 1.39. The van der Waals surface area contributed by atoms with Gasteiger partial charge in [-0.3, -0.25) is 4.79 Å². The second kappa shape index (κ2) is 5.40. The number of amides is 1. The van der Waals surface area contributed by atoms with Gasteiger partial charge in [0.15, 0.2) is 5.16 Å². The zero-order valence-corrected chi connectivity index (χ0v) is 9.17. The average Bonchev–Trinajstić information content (AvgIpc) is 2.10. The lowest BCUT2D eigenvalue weighted by Crippen LogP contribution is -2.22. The Morgan fingerprint density at radius 2 is 2.07 bits per heavy atom. The van der Waals surface area contributed by atoms with Gasteiger partial charge in [-0.05, 0) is 0 Å². The Labute approximate surface area is 91.8 Å². The first-order chi connectivity index (χ1) is 7.08. The first kappa shape index (κ1) is 11.6. The Bertz CT molecular complexity index is 337. The number of nitrogens with one attached hydrogen (secondary N) is 1. The van der Waals surface area contributed by atoms with E-state index < -0.39 is 0 Å². The van der Waals surface area contributed by atoms with Crippen LogP contribution in [0.15, 0.2) is 11.2 Å². The molecule has 1 heterocycles. The van der Waals surface area contributed by atoms with E-state index in [1.54, 1.807) is 0 Å². The Hall–Kier alpha value is -1.50. The summed E-state index contributed by atoms with van der Waals surface area (Å²) in [5.41, 5.74) is 11.0. The van der Waals surface area contributed by atoms with E-state index in [0.29, 0.717) is 29.1 Å². The summed E-state index contributed by atoms with van der Waals surface area (Å²) in [6.45, 7) is 2.04. The number of nitrogen functional groups attached to an aromatic ring is 2. The molecule has 0 fully saturated rings. The van der Waals surface area contributed by atoms with E-state index in [4.69, 9.17) is 11.5 Å². The number of hydrogen-bond donors (Lipinski definition) is 3. The van der Waals surface area contributed by atoms with Crippen LogP contribution >= 0.6 is 11.8 Å². The van der Waals surface area contributed by atoms with Crippen molar-refractivity contribution in [3.63, 3.8) is 0 Å². The molecule has 6 nitrogen and oxygen atoms in total. The minimum absolute atomic E-state index is 0.0522. The fourth-order valence-electron chi connectivity index (χ4n) is 0.896. The van der Waals surface area contributed by atoms with Crippen LogP contribution in [0.4, 0.5) is 11.6 Å². The molecular weight excluding hydrogens is 214 g/mol. The molecule has 0 aromatic carbocycles. The van der Waals surface area contributed by atoms with Crippen molar-refractivity contribution in [2.24, 2.45) is 0 Å². The van der Waals surface area contributed by atoms with E-state index >= 15 is 0 Å². The van der Waals surface area contributed by atoms with Gasteiger partial charge in [0, 0.05) is 25.3 Å². The van der Waals surface area contributed by atoms with Crippen molar-refractivity contribution in [3.05, 3.63) is 6.07 Å². The molecule has 0 saturated carbocycles. The van der Waals surface area contributed by atoms with Gasteiger partial charge in [0.05, 0.1) is 0 Å². The van der Waals surface area contributed by atoms with E-state index in [2.05, 4.69) is 15.3 Å². The molecule has 1 amide bonds. The second-order valence-electron chi connectivity index (χ2n) is 2.83. The quantitative estimate of drug-likeness (QED) is 0.376. The maximum Gasteiger partial charge on any atom is 0.216 e. The molecule has 1 aromatic rings. The number of carbonyl (C=O) groups is 1. The molecule has 15 heavy (non-hydrogen) atoms. The molecule has 1 aromatic heterocycles. The maximum atomic E-state index is 10.6. The Kier molecular flexibility index (Phi) is 4.17. The minimum atomic E-state index is -0.0522. The predicted octanol–water partition coefficient (Wildman–Crippen LogP) is -0.131. The van der Waals surface area contributed by atoms with Crippen molar-refractivity contribution in [2.45, 2.75) is 12.1 Å². The number of thioether (sulfide) groups is 1. The topological polar surface area (TPSA) is 107 Å². The number of nitrogens with two attached hydrogens (primary N) is 2. The van der Waals surface area contributed by atoms with Crippen molar-refractivity contribution in [3.8, 4) is 0 Å². The lowest BCUT2D eigenvalue weighted by atomic mass is 10.5. The van der Waals surface area contributed by atoms with Crippen molar-refractivity contribution < 1.29 is 4.79 Å². The highest BCUT2D eigenvalue weighted by Crippen LogP contribution is 2.15. The van der Waals surface area contributed by atoms with Crippen LogP contribution in [0.1, 0.15) is 6.92 Å². The van der Waals surface area contributed by atoms with Gasteiger partial charge in [-0.25, -0.2) is 9.97 Å². The molecule has 0 spiro atoms. The van der Waals surface area contributed by atoms with E-state index in [1.165, 1.54) is 24.8 Å². The molecule has 0 saturated heterocycles. The van der Waals surface area contributed by atoms with Crippen molar-refractivity contribution >= 4 is 29.3 Å². The van der Waals surface area contributed by atoms with Crippen LogP contribution in [-0.2, 0) is 4.79 Å². The molecule has 0 radical (unpaired) electrons. The summed E-state index contributed by atoms with van der Waals surface area (Å²) in [5, 5.41) is 3.19. The summed E-state index contributed by atoms with van der Waals surface area (Å²) in [4.78, 5) is 18.5. The second-order valence-corrected chi connectivity index (χ2v) is 3.89. The van der Waals surface area contributed by atoms with Gasteiger partial charge in [-0.1, -0.05) is 11.8 Å². The van der Waals surface area contributed by atoms with Crippen LogP contribution in [0, 0.1) is 0 Å². The fourth-order valence-corrected chi connectivity index (χ4v) is 1.62.